The fourth-order valence-corrected chi connectivity index (χ4v) is 5.10. The van der Waals surface area contributed by atoms with Crippen molar-refractivity contribution in [2.75, 3.05) is 11.5 Å². The summed E-state index contributed by atoms with van der Waals surface area (Å²) in [5, 5.41) is 10.6. The quantitative estimate of drug-likeness (QED) is 0.658. The van der Waals surface area contributed by atoms with Crippen LogP contribution in [0.25, 0.3) is 6.08 Å². The van der Waals surface area contributed by atoms with Gasteiger partial charge in [-0.3, -0.25) is 9.59 Å². The third-order valence-corrected chi connectivity index (χ3v) is 6.51. The van der Waals surface area contributed by atoms with Crippen molar-refractivity contribution in [2.24, 2.45) is 10.8 Å². The summed E-state index contributed by atoms with van der Waals surface area (Å²) in [7, 11) is 0. The van der Waals surface area contributed by atoms with Crippen LogP contribution in [0, 0.1) is 22.2 Å². The number of nitriles is 1. The van der Waals surface area contributed by atoms with E-state index in [4.69, 9.17) is 4.74 Å². The second kappa shape index (κ2) is 7.94. The van der Waals surface area contributed by atoms with E-state index in [1.165, 1.54) is 0 Å². The largest absolute Gasteiger partial charge is 0.465 e. The molecule has 4 atom stereocenters. The Labute approximate surface area is 189 Å². The van der Waals surface area contributed by atoms with E-state index in [1.54, 1.807) is 6.92 Å². The Morgan fingerprint density at radius 1 is 1.09 bits per heavy atom. The third kappa shape index (κ3) is 3.14. The summed E-state index contributed by atoms with van der Waals surface area (Å²) in [6.45, 7) is 7.55. The summed E-state index contributed by atoms with van der Waals surface area (Å²) < 4.78 is 5.49. The number of nitrogens with zero attached hydrogens (tertiary/aromatic N) is 2. The van der Waals surface area contributed by atoms with Crippen LogP contribution in [-0.4, -0.2) is 30.4 Å². The molecule has 0 amide bonds. The molecule has 164 valence electrons. The molecule has 4 rings (SSSR count). The monoisotopic (exact) mass is 428 g/mol. The van der Waals surface area contributed by atoms with Gasteiger partial charge in [0.15, 0.2) is 11.2 Å². The van der Waals surface area contributed by atoms with Gasteiger partial charge in [-0.15, -0.1) is 0 Å². The summed E-state index contributed by atoms with van der Waals surface area (Å²) in [5.41, 5.74) is 0.362. The van der Waals surface area contributed by atoms with Crippen LogP contribution in [0.5, 0.6) is 0 Å². The average Bonchev–Trinajstić information content (AvgIpc) is 3.10. The Balaban J connectivity index is 2.05. The first kappa shape index (κ1) is 21.8. The number of carbonyl (C=O) groups is 2. The minimum atomic E-state index is -1.56. The van der Waals surface area contributed by atoms with Crippen molar-refractivity contribution in [1.82, 2.24) is 0 Å². The molecule has 0 bridgehead atoms. The molecule has 5 heteroatoms. The van der Waals surface area contributed by atoms with Crippen molar-refractivity contribution in [3.63, 3.8) is 0 Å². The van der Waals surface area contributed by atoms with Gasteiger partial charge in [0.2, 0.25) is 0 Å². The van der Waals surface area contributed by atoms with E-state index in [-0.39, 0.29) is 12.4 Å². The molecule has 2 aromatic carbocycles. The first-order valence-electron chi connectivity index (χ1n) is 11.0. The molecule has 2 aliphatic rings. The highest BCUT2D eigenvalue weighted by atomic mass is 16.5. The number of Topliss-reactive ketones (excluding diaryl/α,β-unsaturated/α-hetero) is 1. The SMILES string of the molecule is CCOC(=O)[C@@]1(C#N)[C@H](c2ccccc2)[C@@H](C(=O)C(C)(C)C)N2c3ccccc3C=C[C@@H]21. The Bertz CT molecular complexity index is 1110. The number of fused-ring (bicyclic) bond motifs is 3. The molecule has 0 spiro atoms. The van der Waals surface area contributed by atoms with Gasteiger partial charge < -0.3 is 9.64 Å². The van der Waals surface area contributed by atoms with Gasteiger partial charge in [-0.25, -0.2) is 0 Å². The van der Waals surface area contributed by atoms with Crippen LogP contribution in [0.2, 0.25) is 0 Å². The molecule has 0 aromatic heterocycles. The summed E-state index contributed by atoms with van der Waals surface area (Å²) in [4.78, 5) is 29.5. The van der Waals surface area contributed by atoms with Crippen molar-refractivity contribution in [2.45, 2.75) is 45.7 Å². The summed E-state index contributed by atoms with van der Waals surface area (Å²) in [5.74, 6) is -1.28. The van der Waals surface area contributed by atoms with E-state index >= 15 is 0 Å². The number of anilines is 1. The number of hydrogen-bond acceptors (Lipinski definition) is 5. The molecule has 0 radical (unpaired) electrons. The lowest BCUT2D eigenvalue weighted by molar-refractivity contribution is -0.152. The molecule has 1 fully saturated rings. The zero-order valence-electron chi connectivity index (χ0n) is 18.9. The lowest BCUT2D eigenvalue weighted by atomic mass is 9.67. The van der Waals surface area contributed by atoms with Crippen molar-refractivity contribution >= 4 is 23.5 Å². The smallest absolute Gasteiger partial charge is 0.329 e. The van der Waals surface area contributed by atoms with Gasteiger partial charge in [-0.2, -0.15) is 5.26 Å². The van der Waals surface area contributed by atoms with Crippen LogP contribution in [0.15, 0.2) is 60.7 Å². The maximum atomic E-state index is 14.0. The van der Waals surface area contributed by atoms with Crippen molar-refractivity contribution in [1.29, 1.82) is 5.26 Å². The Morgan fingerprint density at radius 2 is 1.75 bits per heavy atom. The second-order valence-electron chi connectivity index (χ2n) is 9.42. The van der Waals surface area contributed by atoms with Crippen LogP contribution in [0.1, 0.15) is 44.7 Å². The van der Waals surface area contributed by atoms with Crippen LogP contribution in [0.3, 0.4) is 0 Å². The summed E-state index contributed by atoms with van der Waals surface area (Å²) in [6.07, 6.45) is 3.82. The zero-order valence-corrected chi connectivity index (χ0v) is 18.9. The van der Waals surface area contributed by atoms with Crippen molar-refractivity contribution in [3.05, 3.63) is 71.8 Å². The van der Waals surface area contributed by atoms with Gasteiger partial charge in [0.25, 0.3) is 0 Å². The molecule has 0 saturated carbocycles. The maximum Gasteiger partial charge on any atom is 0.329 e. The highest BCUT2D eigenvalue weighted by Crippen LogP contribution is 2.56. The van der Waals surface area contributed by atoms with E-state index < -0.39 is 34.8 Å². The minimum Gasteiger partial charge on any atom is -0.465 e. The number of para-hydroxylation sites is 1. The zero-order chi connectivity index (χ0) is 23.1. The molecule has 0 aliphatic carbocycles. The van der Waals surface area contributed by atoms with Gasteiger partial charge in [-0.05, 0) is 24.1 Å². The predicted octanol–water partition coefficient (Wildman–Crippen LogP) is 4.74. The molecule has 1 saturated heterocycles. The topological polar surface area (TPSA) is 70.4 Å². The lowest BCUT2D eigenvalue weighted by Crippen LogP contribution is -2.48. The van der Waals surface area contributed by atoms with Crippen LogP contribution >= 0.6 is 0 Å². The molecule has 5 nitrogen and oxygen atoms in total. The highest BCUT2D eigenvalue weighted by Gasteiger charge is 2.67. The van der Waals surface area contributed by atoms with Crippen molar-refractivity contribution in [3.8, 4) is 6.07 Å². The number of hydrogen-bond donors (Lipinski definition) is 0. The third-order valence-electron chi connectivity index (χ3n) is 6.51. The predicted molar refractivity (Wildman–Crippen MR) is 124 cm³/mol. The van der Waals surface area contributed by atoms with E-state index in [2.05, 4.69) is 6.07 Å². The molecular weight excluding hydrogens is 400 g/mol. The van der Waals surface area contributed by atoms with E-state index in [1.807, 2.05) is 92.4 Å². The molecule has 0 unspecified atom stereocenters. The van der Waals surface area contributed by atoms with Gasteiger partial charge in [-0.1, -0.05) is 81.5 Å². The standard InChI is InChI=1S/C27H28N2O3/c1-5-32-25(31)27(17-28)21-16-15-18-11-9-10-14-20(18)29(21)23(24(30)26(2,3)4)22(27)19-12-7-6-8-13-19/h6-16,21-23H,5H2,1-4H3/t21-,22-,23+,27-/m1/s1. The van der Waals surface area contributed by atoms with Crippen LogP contribution in [-0.2, 0) is 14.3 Å². The Kier molecular flexibility index (Phi) is 5.42. The number of benzene rings is 2. The first-order chi connectivity index (χ1) is 15.3. The number of ketones is 1. The lowest BCUT2D eigenvalue weighted by Gasteiger charge is -2.37. The van der Waals surface area contributed by atoms with Crippen LogP contribution in [0.4, 0.5) is 5.69 Å². The normalized spacial score (nSPS) is 26.1. The molecule has 2 aromatic rings. The van der Waals surface area contributed by atoms with Gasteiger partial charge in [0.1, 0.15) is 0 Å². The van der Waals surface area contributed by atoms with Gasteiger partial charge >= 0.3 is 5.97 Å². The van der Waals surface area contributed by atoms with Gasteiger partial charge in [0, 0.05) is 17.0 Å². The van der Waals surface area contributed by atoms with Gasteiger partial charge in [0.05, 0.1) is 24.8 Å². The summed E-state index contributed by atoms with van der Waals surface area (Å²) >= 11 is 0. The number of carbonyl (C=O) groups excluding carboxylic acids is 2. The highest BCUT2D eigenvalue weighted by molar-refractivity contribution is 5.99. The van der Waals surface area contributed by atoms with E-state index in [0.29, 0.717) is 0 Å². The van der Waals surface area contributed by atoms with Crippen molar-refractivity contribution < 1.29 is 14.3 Å². The second-order valence-corrected chi connectivity index (χ2v) is 9.42. The van der Waals surface area contributed by atoms with E-state index in [0.717, 1.165) is 16.8 Å². The molecule has 2 aliphatic heterocycles. The Morgan fingerprint density at radius 3 is 2.38 bits per heavy atom. The minimum absolute atomic E-state index is 0.0112. The molecule has 2 heterocycles. The maximum absolute atomic E-state index is 14.0. The fourth-order valence-electron chi connectivity index (χ4n) is 5.10. The van der Waals surface area contributed by atoms with Crippen LogP contribution < -0.4 is 4.90 Å². The molecule has 0 N–H and O–H groups in total. The number of rotatable bonds is 4. The molecular formula is C27H28N2O3. The Hall–Kier alpha value is -3.39. The average molecular weight is 429 g/mol. The fraction of sp³-hybridized carbons (Fsp3) is 0.370. The number of ether oxygens (including phenoxy) is 1. The van der Waals surface area contributed by atoms with E-state index in [9.17, 15) is 14.9 Å². The first-order valence-corrected chi connectivity index (χ1v) is 11.0. The number of esters is 1. The molecule has 32 heavy (non-hydrogen) atoms. The summed E-state index contributed by atoms with van der Waals surface area (Å²) in [6, 6.07) is 18.3.